The van der Waals surface area contributed by atoms with Crippen LogP contribution in [0.5, 0.6) is 5.88 Å². The molecular weight excluding hydrogens is 170 g/mol. The first kappa shape index (κ1) is 9.31. The third kappa shape index (κ3) is 2.33. The molecule has 0 aromatic carbocycles. The Bertz CT molecular complexity index is 325. The maximum absolute atomic E-state index is 10.8. The van der Waals surface area contributed by atoms with Gasteiger partial charge in [0.1, 0.15) is 5.69 Å². The Morgan fingerprint density at radius 1 is 1.62 bits per heavy atom. The molecular formula is C8H11N3O2. The third-order valence-corrected chi connectivity index (χ3v) is 1.37. The van der Waals surface area contributed by atoms with Gasteiger partial charge in [0.15, 0.2) is 0 Å². The van der Waals surface area contributed by atoms with E-state index in [9.17, 15) is 4.79 Å². The monoisotopic (exact) mass is 181 g/mol. The number of hydrogen-bond acceptors (Lipinski definition) is 4. The number of aromatic nitrogens is 1. The maximum Gasteiger partial charge on any atom is 0.267 e. The maximum atomic E-state index is 10.8. The highest BCUT2D eigenvalue weighted by atomic mass is 16.5. The predicted octanol–water partition coefficient (Wildman–Crippen LogP) is 0.161. The van der Waals surface area contributed by atoms with Crippen LogP contribution in [0.1, 0.15) is 17.4 Å². The quantitative estimate of drug-likeness (QED) is 0.694. The number of nitrogen functional groups attached to an aromatic ring is 1. The van der Waals surface area contributed by atoms with Crippen molar-refractivity contribution in [3.63, 3.8) is 0 Å². The number of carbonyl (C=O) groups excluding carboxylic acids is 1. The summed E-state index contributed by atoms with van der Waals surface area (Å²) in [7, 11) is 0. The molecule has 0 aliphatic rings. The van der Waals surface area contributed by atoms with Crippen LogP contribution in [0.4, 0.5) is 5.69 Å². The van der Waals surface area contributed by atoms with E-state index in [1.165, 1.54) is 12.1 Å². The van der Waals surface area contributed by atoms with Gasteiger partial charge in [-0.25, -0.2) is 4.98 Å². The fraction of sp³-hybridized carbons (Fsp3) is 0.250. The normalized spacial score (nSPS) is 9.62. The van der Waals surface area contributed by atoms with Crippen LogP contribution < -0.4 is 16.2 Å². The smallest absolute Gasteiger partial charge is 0.267 e. The van der Waals surface area contributed by atoms with E-state index in [-0.39, 0.29) is 5.69 Å². The van der Waals surface area contributed by atoms with E-state index in [1.807, 2.05) is 6.92 Å². The first-order valence-corrected chi connectivity index (χ1v) is 3.83. The standard InChI is InChI=1S/C8H11N3O2/c1-2-13-7-4-5(9)3-6(11-7)8(10)12/h3-4H,2H2,1H3,(H2,9,11)(H2,10,12). The van der Waals surface area contributed by atoms with Crippen molar-refractivity contribution in [1.82, 2.24) is 4.98 Å². The molecule has 13 heavy (non-hydrogen) atoms. The van der Waals surface area contributed by atoms with Crippen LogP contribution in [0.15, 0.2) is 12.1 Å². The molecule has 0 aliphatic carbocycles. The number of nitrogens with two attached hydrogens (primary N) is 2. The van der Waals surface area contributed by atoms with Gasteiger partial charge in [0.05, 0.1) is 6.61 Å². The molecule has 70 valence electrons. The Labute approximate surface area is 75.7 Å². The molecule has 1 rings (SSSR count). The van der Waals surface area contributed by atoms with Crippen LogP contribution in [0.25, 0.3) is 0 Å². The van der Waals surface area contributed by atoms with Crippen LogP contribution in [-0.2, 0) is 0 Å². The summed E-state index contributed by atoms with van der Waals surface area (Å²) >= 11 is 0. The van der Waals surface area contributed by atoms with Gasteiger partial charge in [0.2, 0.25) is 5.88 Å². The molecule has 0 saturated carbocycles. The molecule has 0 radical (unpaired) electrons. The highest BCUT2D eigenvalue weighted by Gasteiger charge is 2.05. The Balaban J connectivity index is 3.03. The second-order valence-corrected chi connectivity index (χ2v) is 2.42. The van der Waals surface area contributed by atoms with Crippen molar-refractivity contribution in [2.24, 2.45) is 5.73 Å². The van der Waals surface area contributed by atoms with E-state index >= 15 is 0 Å². The molecule has 0 fully saturated rings. The second kappa shape index (κ2) is 3.75. The SMILES string of the molecule is CCOc1cc(N)cc(C(N)=O)n1. The van der Waals surface area contributed by atoms with Crippen molar-refractivity contribution < 1.29 is 9.53 Å². The number of amides is 1. The summed E-state index contributed by atoms with van der Waals surface area (Å²) in [5.41, 5.74) is 11.1. The molecule has 0 aliphatic heterocycles. The minimum absolute atomic E-state index is 0.114. The fourth-order valence-electron chi connectivity index (χ4n) is 0.873. The summed E-state index contributed by atoms with van der Waals surface area (Å²) < 4.78 is 5.08. The first-order chi connectivity index (χ1) is 6.13. The van der Waals surface area contributed by atoms with Gasteiger partial charge in [0.25, 0.3) is 5.91 Å². The van der Waals surface area contributed by atoms with Gasteiger partial charge in [-0.05, 0) is 13.0 Å². The Hall–Kier alpha value is -1.78. The average Bonchev–Trinajstić information content (AvgIpc) is 2.03. The number of anilines is 1. The zero-order valence-corrected chi connectivity index (χ0v) is 7.28. The lowest BCUT2D eigenvalue weighted by Crippen LogP contribution is -2.14. The van der Waals surface area contributed by atoms with Crippen LogP contribution in [0, 0.1) is 0 Å². The van der Waals surface area contributed by atoms with Crippen molar-refractivity contribution in [3.05, 3.63) is 17.8 Å². The number of nitrogens with zero attached hydrogens (tertiary/aromatic N) is 1. The molecule has 1 amide bonds. The van der Waals surface area contributed by atoms with Crippen molar-refractivity contribution in [2.45, 2.75) is 6.92 Å². The minimum Gasteiger partial charge on any atom is -0.478 e. The molecule has 0 atom stereocenters. The predicted molar refractivity (Wildman–Crippen MR) is 48.3 cm³/mol. The summed E-state index contributed by atoms with van der Waals surface area (Å²) in [5, 5.41) is 0. The van der Waals surface area contributed by atoms with Crippen molar-refractivity contribution in [3.8, 4) is 5.88 Å². The zero-order valence-electron chi connectivity index (χ0n) is 7.28. The summed E-state index contributed by atoms with van der Waals surface area (Å²) in [4.78, 5) is 14.6. The van der Waals surface area contributed by atoms with Crippen LogP contribution in [0.2, 0.25) is 0 Å². The molecule has 0 unspecified atom stereocenters. The molecule has 4 N–H and O–H groups in total. The largest absolute Gasteiger partial charge is 0.478 e. The molecule has 5 nitrogen and oxygen atoms in total. The van der Waals surface area contributed by atoms with Gasteiger partial charge in [0, 0.05) is 11.8 Å². The fourth-order valence-corrected chi connectivity index (χ4v) is 0.873. The van der Waals surface area contributed by atoms with Crippen LogP contribution >= 0.6 is 0 Å². The molecule has 0 bridgehead atoms. The van der Waals surface area contributed by atoms with Gasteiger partial charge < -0.3 is 16.2 Å². The summed E-state index contributed by atoms with van der Waals surface area (Å²) in [6.07, 6.45) is 0. The van der Waals surface area contributed by atoms with Gasteiger partial charge in [-0.15, -0.1) is 0 Å². The molecule has 1 aromatic heterocycles. The van der Waals surface area contributed by atoms with E-state index < -0.39 is 5.91 Å². The summed E-state index contributed by atoms with van der Waals surface area (Å²) in [5.74, 6) is -0.301. The summed E-state index contributed by atoms with van der Waals surface area (Å²) in [6.45, 7) is 2.28. The van der Waals surface area contributed by atoms with Gasteiger partial charge >= 0.3 is 0 Å². The van der Waals surface area contributed by atoms with E-state index in [0.717, 1.165) is 0 Å². The van der Waals surface area contributed by atoms with Gasteiger partial charge in [-0.1, -0.05) is 0 Å². The number of hydrogen-bond donors (Lipinski definition) is 2. The lowest BCUT2D eigenvalue weighted by molar-refractivity contribution is 0.0994. The lowest BCUT2D eigenvalue weighted by atomic mass is 10.3. The highest BCUT2D eigenvalue weighted by molar-refractivity contribution is 5.91. The first-order valence-electron chi connectivity index (χ1n) is 3.83. The second-order valence-electron chi connectivity index (χ2n) is 2.42. The van der Waals surface area contributed by atoms with E-state index in [2.05, 4.69) is 4.98 Å². The molecule has 0 saturated heterocycles. The van der Waals surface area contributed by atoms with E-state index in [1.54, 1.807) is 0 Å². The van der Waals surface area contributed by atoms with Crippen LogP contribution in [0.3, 0.4) is 0 Å². The van der Waals surface area contributed by atoms with Crippen LogP contribution in [-0.4, -0.2) is 17.5 Å². The van der Waals surface area contributed by atoms with Gasteiger partial charge in [-0.2, -0.15) is 0 Å². The number of pyridine rings is 1. The number of carbonyl (C=O) groups is 1. The van der Waals surface area contributed by atoms with E-state index in [4.69, 9.17) is 16.2 Å². The topological polar surface area (TPSA) is 91.2 Å². The lowest BCUT2D eigenvalue weighted by Gasteiger charge is -2.04. The Morgan fingerprint density at radius 3 is 2.85 bits per heavy atom. The van der Waals surface area contributed by atoms with Crippen molar-refractivity contribution in [2.75, 3.05) is 12.3 Å². The highest BCUT2D eigenvalue weighted by Crippen LogP contribution is 2.13. The van der Waals surface area contributed by atoms with Gasteiger partial charge in [-0.3, -0.25) is 4.79 Å². The number of ether oxygens (including phenoxy) is 1. The minimum atomic E-state index is -0.617. The zero-order chi connectivity index (χ0) is 9.84. The molecule has 5 heteroatoms. The molecule has 1 aromatic rings. The number of primary amides is 1. The number of rotatable bonds is 3. The van der Waals surface area contributed by atoms with E-state index in [0.29, 0.717) is 18.2 Å². The van der Waals surface area contributed by atoms with Crippen molar-refractivity contribution in [1.29, 1.82) is 0 Å². The molecule has 1 heterocycles. The third-order valence-electron chi connectivity index (χ3n) is 1.37. The molecule has 0 spiro atoms. The van der Waals surface area contributed by atoms with Crippen molar-refractivity contribution >= 4 is 11.6 Å². The Morgan fingerprint density at radius 2 is 2.31 bits per heavy atom. The average molecular weight is 181 g/mol. The Kier molecular flexibility index (Phi) is 2.69. The summed E-state index contributed by atoms with van der Waals surface area (Å²) in [6, 6.07) is 2.95.